The maximum Gasteiger partial charge on any atom is 0.154 e. The minimum absolute atomic E-state index is 0.563. The summed E-state index contributed by atoms with van der Waals surface area (Å²) in [5.41, 5.74) is 1.37. The first kappa shape index (κ1) is 9.47. The number of rotatable bonds is 1. The lowest BCUT2D eigenvalue weighted by Crippen LogP contribution is -2.20. The van der Waals surface area contributed by atoms with Gasteiger partial charge in [-0.2, -0.15) is 11.8 Å². The molecule has 1 aliphatic rings. The maximum absolute atomic E-state index is 2.31. The molecule has 1 aromatic carbocycles. The lowest BCUT2D eigenvalue weighted by Gasteiger charge is -2.12. The molecule has 1 aliphatic heterocycles. The molecule has 13 heavy (non-hydrogen) atoms. The Kier molecular flexibility index (Phi) is 3.23. The highest BCUT2D eigenvalue weighted by molar-refractivity contribution is 8.05. The lowest BCUT2D eigenvalue weighted by atomic mass is 10.2. The van der Waals surface area contributed by atoms with Gasteiger partial charge in [0.2, 0.25) is 0 Å². The lowest BCUT2D eigenvalue weighted by molar-refractivity contribution is 1.31. The molecule has 70 valence electrons. The Hall–Kier alpha value is -0.0800. The standard InChI is InChI=1S/C11H15S2/c1-10-2-4-11(5-3-10)13-8-6-12-7-9-13/h2-5H,6-9H2,1H3/q+1. The number of hydrogen-bond acceptors (Lipinski definition) is 1. The van der Waals surface area contributed by atoms with E-state index in [9.17, 15) is 0 Å². The second-order valence-corrected chi connectivity index (χ2v) is 6.82. The number of benzene rings is 1. The van der Waals surface area contributed by atoms with E-state index in [0.717, 1.165) is 0 Å². The summed E-state index contributed by atoms with van der Waals surface area (Å²) in [6.45, 7) is 2.16. The van der Waals surface area contributed by atoms with Gasteiger partial charge in [0.25, 0.3) is 0 Å². The van der Waals surface area contributed by atoms with Gasteiger partial charge < -0.3 is 0 Å². The smallest absolute Gasteiger partial charge is 0.152 e. The summed E-state index contributed by atoms with van der Waals surface area (Å²) in [5, 5.41) is 0. The molecule has 1 heterocycles. The molecule has 1 saturated heterocycles. The predicted octanol–water partition coefficient (Wildman–Crippen LogP) is 2.72. The highest BCUT2D eigenvalue weighted by Gasteiger charge is 2.24. The molecule has 0 radical (unpaired) electrons. The monoisotopic (exact) mass is 211 g/mol. The Labute approximate surface area is 87.5 Å². The molecule has 2 heteroatoms. The van der Waals surface area contributed by atoms with Crippen LogP contribution in [0.4, 0.5) is 0 Å². The molecule has 0 bridgehead atoms. The maximum atomic E-state index is 2.31. The van der Waals surface area contributed by atoms with E-state index in [1.54, 1.807) is 4.90 Å². The summed E-state index contributed by atoms with van der Waals surface area (Å²) in [4.78, 5) is 1.57. The molecule has 2 rings (SSSR count). The van der Waals surface area contributed by atoms with Crippen molar-refractivity contribution in [1.29, 1.82) is 0 Å². The third kappa shape index (κ3) is 2.44. The third-order valence-corrected chi connectivity index (χ3v) is 6.14. The molecule has 0 atom stereocenters. The van der Waals surface area contributed by atoms with Gasteiger partial charge in [0.05, 0.1) is 0 Å². The van der Waals surface area contributed by atoms with Gasteiger partial charge in [0, 0.05) is 22.4 Å². The molecule has 0 aromatic heterocycles. The topological polar surface area (TPSA) is 0 Å². The van der Waals surface area contributed by atoms with Gasteiger partial charge in [-0.05, 0) is 19.1 Å². The van der Waals surface area contributed by atoms with Crippen LogP contribution in [0.1, 0.15) is 5.56 Å². The SMILES string of the molecule is Cc1ccc([S+]2CCSCC2)cc1. The van der Waals surface area contributed by atoms with Crippen LogP contribution in [0, 0.1) is 6.92 Å². The Morgan fingerprint density at radius 2 is 1.69 bits per heavy atom. The Bertz CT molecular complexity index is 260. The minimum Gasteiger partial charge on any atom is -0.152 e. The average molecular weight is 211 g/mol. The molecular formula is C11H15S2+. The summed E-state index contributed by atoms with van der Waals surface area (Å²) < 4.78 is 0. The van der Waals surface area contributed by atoms with Crippen molar-refractivity contribution in [3.05, 3.63) is 29.8 Å². The first-order valence-corrected chi connectivity index (χ1v) is 7.40. The zero-order valence-corrected chi connectivity index (χ0v) is 9.59. The molecule has 0 saturated carbocycles. The van der Waals surface area contributed by atoms with Crippen LogP contribution in [0.2, 0.25) is 0 Å². The van der Waals surface area contributed by atoms with Gasteiger partial charge in [0.15, 0.2) is 4.90 Å². The van der Waals surface area contributed by atoms with Gasteiger partial charge >= 0.3 is 0 Å². The van der Waals surface area contributed by atoms with E-state index in [0.29, 0.717) is 10.9 Å². The quantitative estimate of drug-likeness (QED) is 0.644. The first-order chi connectivity index (χ1) is 6.36. The van der Waals surface area contributed by atoms with Gasteiger partial charge in [-0.1, -0.05) is 17.7 Å². The summed E-state index contributed by atoms with van der Waals surface area (Å²) in [7, 11) is 0.563. The summed E-state index contributed by atoms with van der Waals surface area (Å²) in [6, 6.07) is 9.11. The zero-order valence-electron chi connectivity index (χ0n) is 7.95. The number of aryl methyl sites for hydroxylation is 1. The summed E-state index contributed by atoms with van der Waals surface area (Å²) >= 11 is 2.10. The van der Waals surface area contributed by atoms with Crippen LogP contribution >= 0.6 is 11.8 Å². The fraction of sp³-hybridized carbons (Fsp3) is 0.455. The molecule has 0 spiro atoms. The van der Waals surface area contributed by atoms with Gasteiger partial charge in [-0.25, -0.2) is 0 Å². The number of hydrogen-bond donors (Lipinski definition) is 0. The average Bonchev–Trinajstić information content (AvgIpc) is 2.20. The summed E-state index contributed by atoms with van der Waals surface area (Å²) in [5.74, 6) is 5.51. The van der Waals surface area contributed by atoms with E-state index in [2.05, 4.69) is 43.0 Å². The Balaban J connectivity index is 2.10. The van der Waals surface area contributed by atoms with E-state index < -0.39 is 0 Å². The van der Waals surface area contributed by atoms with Crippen LogP contribution < -0.4 is 0 Å². The van der Waals surface area contributed by atoms with Crippen molar-refractivity contribution < 1.29 is 0 Å². The fourth-order valence-corrected chi connectivity index (χ4v) is 5.44. The van der Waals surface area contributed by atoms with Gasteiger partial charge in [0.1, 0.15) is 11.5 Å². The Morgan fingerprint density at radius 1 is 1.08 bits per heavy atom. The molecule has 0 aliphatic carbocycles. The van der Waals surface area contributed by atoms with Crippen LogP contribution in [0.15, 0.2) is 29.2 Å². The van der Waals surface area contributed by atoms with Crippen LogP contribution in [-0.4, -0.2) is 23.0 Å². The molecule has 1 aromatic rings. The van der Waals surface area contributed by atoms with Gasteiger partial charge in [-0.15, -0.1) is 0 Å². The molecule has 1 fully saturated rings. The largest absolute Gasteiger partial charge is 0.154 e. The van der Waals surface area contributed by atoms with Crippen LogP contribution in [0.25, 0.3) is 0 Å². The third-order valence-electron chi connectivity index (χ3n) is 2.30. The Morgan fingerprint density at radius 3 is 2.31 bits per heavy atom. The molecular weight excluding hydrogens is 196 g/mol. The second-order valence-electron chi connectivity index (χ2n) is 3.33. The molecule has 0 nitrogen and oxygen atoms in total. The number of thioether (sulfide) groups is 1. The highest BCUT2D eigenvalue weighted by atomic mass is 32.2. The highest BCUT2D eigenvalue weighted by Crippen LogP contribution is 2.21. The van der Waals surface area contributed by atoms with Crippen molar-refractivity contribution >= 4 is 22.7 Å². The normalized spacial score (nSPS) is 18.8. The first-order valence-electron chi connectivity index (χ1n) is 4.68. The van der Waals surface area contributed by atoms with Crippen molar-refractivity contribution in [2.24, 2.45) is 0 Å². The zero-order chi connectivity index (χ0) is 9.10. The van der Waals surface area contributed by atoms with E-state index >= 15 is 0 Å². The van der Waals surface area contributed by atoms with Crippen LogP contribution in [0.5, 0.6) is 0 Å². The van der Waals surface area contributed by atoms with Crippen molar-refractivity contribution in [2.45, 2.75) is 11.8 Å². The molecule has 0 unspecified atom stereocenters. The fourth-order valence-electron chi connectivity index (χ4n) is 1.49. The van der Waals surface area contributed by atoms with Gasteiger partial charge in [-0.3, -0.25) is 0 Å². The molecule has 0 amide bonds. The van der Waals surface area contributed by atoms with Crippen molar-refractivity contribution in [3.63, 3.8) is 0 Å². The minimum atomic E-state index is 0.563. The predicted molar refractivity (Wildman–Crippen MR) is 63.9 cm³/mol. The van der Waals surface area contributed by atoms with E-state index in [1.165, 1.54) is 28.6 Å². The van der Waals surface area contributed by atoms with Crippen LogP contribution in [-0.2, 0) is 10.9 Å². The van der Waals surface area contributed by atoms with E-state index in [1.807, 2.05) is 0 Å². The van der Waals surface area contributed by atoms with Crippen LogP contribution in [0.3, 0.4) is 0 Å². The summed E-state index contributed by atoms with van der Waals surface area (Å²) in [6.07, 6.45) is 0. The van der Waals surface area contributed by atoms with Crippen molar-refractivity contribution in [3.8, 4) is 0 Å². The van der Waals surface area contributed by atoms with Crippen molar-refractivity contribution in [2.75, 3.05) is 23.0 Å². The van der Waals surface area contributed by atoms with E-state index in [4.69, 9.17) is 0 Å². The van der Waals surface area contributed by atoms with E-state index in [-0.39, 0.29) is 0 Å². The van der Waals surface area contributed by atoms with Crippen molar-refractivity contribution in [1.82, 2.24) is 0 Å². The second kappa shape index (κ2) is 4.43. The molecule has 0 N–H and O–H groups in total.